The van der Waals surface area contributed by atoms with Gasteiger partial charge in [0.15, 0.2) is 6.61 Å². The third-order valence-electron chi connectivity index (χ3n) is 5.12. The number of benzene rings is 2. The van der Waals surface area contributed by atoms with Crippen molar-refractivity contribution in [2.45, 2.75) is 59.7 Å². The molecule has 0 spiro atoms. The molecular weight excluding hydrogens is 364 g/mol. The highest BCUT2D eigenvalue weighted by atomic mass is 16.5. The summed E-state index contributed by atoms with van der Waals surface area (Å²) in [5, 5.41) is 2.97. The third-order valence-corrected chi connectivity index (χ3v) is 5.12. The van der Waals surface area contributed by atoms with Gasteiger partial charge in [-0.3, -0.25) is 9.59 Å². The van der Waals surface area contributed by atoms with Crippen LogP contribution in [0.4, 0.5) is 0 Å². The summed E-state index contributed by atoms with van der Waals surface area (Å²) in [5.41, 5.74) is 3.16. The van der Waals surface area contributed by atoms with E-state index >= 15 is 0 Å². The molecule has 0 aromatic heterocycles. The van der Waals surface area contributed by atoms with Crippen molar-refractivity contribution in [3.63, 3.8) is 0 Å². The van der Waals surface area contributed by atoms with Crippen LogP contribution in [0.3, 0.4) is 0 Å². The van der Waals surface area contributed by atoms with Gasteiger partial charge in [0, 0.05) is 12.6 Å². The predicted octanol–water partition coefficient (Wildman–Crippen LogP) is 4.01. The lowest BCUT2D eigenvalue weighted by molar-refractivity contribution is -0.142. The molecule has 0 saturated carbocycles. The number of nitrogens with one attached hydrogen (secondary N) is 1. The molecule has 2 aromatic carbocycles. The number of aryl methyl sites for hydroxylation is 2. The highest BCUT2D eigenvalue weighted by Crippen LogP contribution is 2.16. The number of nitrogens with zero attached hydrogens (tertiary/aromatic N) is 1. The van der Waals surface area contributed by atoms with Crippen molar-refractivity contribution < 1.29 is 14.3 Å². The van der Waals surface area contributed by atoms with Gasteiger partial charge in [-0.05, 0) is 62.9 Å². The van der Waals surface area contributed by atoms with Gasteiger partial charge in [-0.2, -0.15) is 0 Å². The van der Waals surface area contributed by atoms with E-state index in [0.717, 1.165) is 23.1 Å². The van der Waals surface area contributed by atoms with Crippen LogP contribution in [0.25, 0.3) is 0 Å². The minimum Gasteiger partial charge on any atom is -0.484 e. The van der Waals surface area contributed by atoms with E-state index in [2.05, 4.69) is 5.32 Å². The standard InChI is InChI=1S/C24H32N2O3/c1-6-19(4)25-24(28)20(5)26(15-21-12-8-7-11-18(21)3)23(27)16-29-22-13-9-10-17(2)14-22/h7-14,19-20H,6,15-16H2,1-5H3,(H,25,28)/t19-,20+/m0/s1. The molecule has 2 amide bonds. The molecule has 156 valence electrons. The summed E-state index contributed by atoms with van der Waals surface area (Å²) in [4.78, 5) is 27.3. The van der Waals surface area contributed by atoms with E-state index in [0.29, 0.717) is 12.3 Å². The Morgan fingerprint density at radius 3 is 2.45 bits per heavy atom. The van der Waals surface area contributed by atoms with Gasteiger partial charge < -0.3 is 15.0 Å². The zero-order valence-corrected chi connectivity index (χ0v) is 18.1. The van der Waals surface area contributed by atoms with E-state index in [1.165, 1.54) is 0 Å². The van der Waals surface area contributed by atoms with Crippen molar-refractivity contribution >= 4 is 11.8 Å². The van der Waals surface area contributed by atoms with Gasteiger partial charge in [0.2, 0.25) is 5.91 Å². The van der Waals surface area contributed by atoms with Crippen molar-refractivity contribution in [3.8, 4) is 5.75 Å². The second kappa shape index (κ2) is 10.6. The summed E-state index contributed by atoms with van der Waals surface area (Å²) in [6, 6.07) is 14.9. The Kier molecular flexibility index (Phi) is 8.25. The van der Waals surface area contributed by atoms with Crippen molar-refractivity contribution in [1.82, 2.24) is 10.2 Å². The molecule has 0 bridgehead atoms. The Morgan fingerprint density at radius 1 is 1.07 bits per heavy atom. The fraction of sp³-hybridized carbons (Fsp3) is 0.417. The van der Waals surface area contributed by atoms with Crippen LogP contribution in [-0.2, 0) is 16.1 Å². The van der Waals surface area contributed by atoms with Gasteiger partial charge in [-0.15, -0.1) is 0 Å². The first kappa shape index (κ1) is 22.5. The monoisotopic (exact) mass is 396 g/mol. The van der Waals surface area contributed by atoms with Crippen LogP contribution >= 0.6 is 0 Å². The fourth-order valence-electron chi connectivity index (χ4n) is 2.95. The molecule has 0 aliphatic carbocycles. The summed E-state index contributed by atoms with van der Waals surface area (Å²) < 4.78 is 5.71. The van der Waals surface area contributed by atoms with Gasteiger partial charge in [0.1, 0.15) is 11.8 Å². The Labute approximate surface area is 174 Å². The maximum Gasteiger partial charge on any atom is 0.261 e. The first-order valence-corrected chi connectivity index (χ1v) is 10.2. The lowest BCUT2D eigenvalue weighted by Crippen LogP contribution is -2.50. The van der Waals surface area contributed by atoms with E-state index in [-0.39, 0.29) is 24.5 Å². The molecule has 5 heteroatoms. The molecule has 2 atom stereocenters. The third kappa shape index (κ3) is 6.63. The highest BCUT2D eigenvalue weighted by Gasteiger charge is 2.27. The average molecular weight is 397 g/mol. The van der Waals surface area contributed by atoms with Crippen LogP contribution in [0.1, 0.15) is 43.9 Å². The Morgan fingerprint density at radius 2 is 1.79 bits per heavy atom. The number of hydrogen-bond acceptors (Lipinski definition) is 3. The Balaban J connectivity index is 2.17. The Bertz CT molecular complexity index is 834. The SMILES string of the molecule is CC[C@H](C)NC(=O)[C@@H](C)N(Cc1ccccc1C)C(=O)COc1cccc(C)c1. The largest absolute Gasteiger partial charge is 0.484 e. The second-order valence-corrected chi connectivity index (χ2v) is 7.55. The lowest BCUT2D eigenvalue weighted by Gasteiger charge is -2.30. The summed E-state index contributed by atoms with van der Waals surface area (Å²) in [6.07, 6.45) is 0.834. The van der Waals surface area contributed by atoms with Gasteiger partial charge in [0.05, 0.1) is 0 Å². The molecule has 1 N–H and O–H groups in total. The molecule has 2 rings (SSSR count). The molecule has 2 aromatic rings. The molecule has 0 aliphatic heterocycles. The number of carbonyl (C=O) groups excluding carboxylic acids is 2. The van der Waals surface area contributed by atoms with E-state index in [1.54, 1.807) is 11.8 Å². The zero-order chi connectivity index (χ0) is 21.4. The molecule has 0 saturated heterocycles. The van der Waals surface area contributed by atoms with Crippen molar-refractivity contribution in [2.24, 2.45) is 0 Å². The summed E-state index contributed by atoms with van der Waals surface area (Å²) >= 11 is 0. The number of hydrogen-bond donors (Lipinski definition) is 1. The quantitative estimate of drug-likeness (QED) is 0.697. The Hall–Kier alpha value is -2.82. The second-order valence-electron chi connectivity index (χ2n) is 7.55. The van der Waals surface area contributed by atoms with Crippen LogP contribution in [0.15, 0.2) is 48.5 Å². The highest BCUT2D eigenvalue weighted by molar-refractivity contribution is 5.88. The van der Waals surface area contributed by atoms with E-state index in [1.807, 2.05) is 76.2 Å². The van der Waals surface area contributed by atoms with E-state index in [9.17, 15) is 9.59 Å². The van der Waals surface area contributed by atoms with Gasteiger partial charge in [-0.25, -0.2) is 0 Å². The smallest absolute Gasteiger partial charge is 0.261 e. The molecule has 0 unspecified atom stereocenters. The van der Waals surface area contributed by atoms with Crippen LogP contribution < -0.4 is 10.1 Å². The molecule has 0 heterocycles. The molecule has 0 radical (unpaired) electrons. The maximum atomic E-state index is 13.0. The van der Waals surface area contributed by atoms with Gasteiger partial charge in [0.25, 0.3) is 5.91 Å². The lowest BCUT2D eigenvalue weighted by atomic mass is 10.1. The summed E-state index contributed by atoms with van der Waals surface area (Å²) in [5.74, 6) is 0.268. The van der Waals surface area contributed by atoms with Crippen molar-refractivity contribution in [2.75, 3.05) is 6.61 Å². The van der Waals surface area contributed by atoms with Crippen LogP contribution in [0, 0.1) is 13.8 Å². The normalized spacial score (nSPS) is 12.7. The van der Waals surface area contributed by atoms with Crippen LogP contribution in [0.5, 0.6) is 5.75 Å². The number of rotatable bonds is 9. The minimum atomic E-state index is -0.600. The predicted molar refractivity (Wildman–Crippen MR) is 116 cm³/mol. The average Bonchev–Trinajstić information content (AvgIpc) is 2.70. The molecule has 0 aliphatic rings. The van der Waals surface area contributed by atoms with Crippen molar-refractivity contribution in [1.29, 1.82) is 0 Å². The molecular formula is C24H32N2O3. The van der Waals surface area contributed by atoms with E-state index in [4.69, 9.17) is 4.74 Å². The molecule has 29 heavy (non-hydrogen) atoms. The number of ether oxygens (including phenoxy) is 1. The van der Waals surface area contributed by atoms with Crippen LogP contribution in [-0.4, -0.2) is 35.4 Å². The number of amides is 2. The van der Waals surface area contributed by atoms with Crippen molar-refractivity contribution in [3.05, 3.63) is 65.2 Å². The van der Waals surface area contributed by atoms with Gasteiger partial charge >= 0.3 is 0 Å². The fourth-order valence-corrected chi connectivity index (χ4v) is 2.95. The maximum absolute atomic E-state index is 13.0. The summed E-state index contributed by atoms with van der Waals surface area (Å²) in [7, 11) is 0. The van der Waals surface area contributed by atoms with Crippen LogP contribution in [0.2, 0.25) is 0 Å². The summed E-state index contributed by atoms with van der Waals surface area (Å²) in [6.45, 7) is 9.96. The zero-order valence-electron chi connectivity index (χ0n) is 18.1. The number of carbonyl (C=O) groups is 2. The first-order chi connectivity index (χ1) is 13.8. The topological polar surface area (TPSA) is 58.6 Å². The first-order valence-electron chi connectivity index (χ1n) is 10.2. The van der Waals surface area contributed by atoms with Gasteiger partial charge in [-0.1, -0.05) is 43.3 Å². The molecule has 5 nitrogen and oxygen atoms in total. The molecule has 0 fully saturated rings. The van der Waals surface area contributed by atoms with E-state index < -0.39 is 6.04 Å². The minimum absolute atomic E-state index is 0.0592.